The third kappa shape index (κ3) is 2.53. The Bertz CT molecular complexity index is 487. The van der Waals surface area contributed by atoms with Crippen molar-refractivity contribution in [2.24, 2.45) is 5.92 Å². The van der Waals surface area contributed by atoms with E-state index in [9.17, 15) is 17.1 Å². The van der Waals surface area contributed by atoms with Gasteiger partial charge in [0.2, 0.25) is 11.0 Å². The predicted octanol–water partition coefficient (Wildman–Crippen LogP) is 0.190. The summed E-state index contributed by atoms with van der Waals surface area (Å²) in [4.78, 5) is 16.7. The molecule has 6 nitrogen and oxygen atoms in total. The Kier molecular flexibility index (Phi) is 2.89. The molecule has 1 aliphatic heterocycles. The first-order valence-electron chi connectivity index (χ1n) is 4.45. The van der Waals surface area contributed by atoms with E-state index >= 15 is 0 Å². The standard InChI is InChI=1S/C7H8FN3O3S2/c8-16(13,14)3-5-1-6(12)11(2-5)7-9-4-10-15-7/h4-5H,1-3H2. The van der Waals surface area contributed by atoms with Gasteiger partial charge in [0.25, 0.3) is 0 Å². The molecule has 16 heavy (non-hydrogen) atoms. The SMILES string of the molecule is O=C1CC(CS(=O)(=O)F)CN1c1ncns1. The molecule has 1 amide bonds. The number of aromatic nitrogens is 2. The summed E-state index contributed by atoms with van der Waals surface area (Å²) in [6.07, 6.45) is 1.34. The fourth-order valence-electron chi connectivity index (χ4n) is 1.65. The van der Waals surface area contributed by atoms with Crippen LogP contribution in [0.1, 0.15) is 6.42 Å². The van der Waals surface area contributed by atoms with E-state index in [1.807, 2.05) is 0 Å². The maximum atomic E-state index is 12.5. The normalized spacial score (nSPS) is 21.7. The molecular weight excluding hydrogens is 257 g/mol. The molecule has 0 N–H and O–H groups in total. The molecule has 0 bridgehead atoms. The fraction of sp³-hybridized carbons (Fsp3) is 0.571. The maximum absolute atomic E-state index is 12.5. The van der Waals surface area contributed by atoms with Crippen molar-refractivity contribution in [3.05, 3.63) is 6.33 Å². The summed E-state index contributed by atoms with van der Waals surface area (Å²) in [6, 6.07) is 0. The van der Waals surface area contributed by atoms with Crippen LogP contribution in [0.2, 0.25) is 0 Å². The van der Waals surface area contributed by atoms with E-state index in [1.165, 1.54) is 11.2 Å². The monoisotopic (exact) mass is 265 g/mol. The zero-order chi connectivity index (χ0) is 11.8. The summed E-state index contributed by atoms with van der Waals surface area (Å²) < 4.78 is 37.1. The Morgan fingerprint density at radius 1 is 1.62 bits per heavy atom. The predicted molar refractivity (Wildman–Crippen MR) is 55.3 cm³/mol. The van der Waals surface area contributed by atoms with Crippen LogP contribution in [0.15, 0.2) is 6.33 Å². The molecule has 88 valence electrons. The smallest absolute Gasteiger partial charge is 0.287 e. The van der Waals surface area contributed by atoms with Crippen LogP contribution in [-0.2, 0) is 15.0 Å². The van der Waals surface area contributed by atoms with Crippen LogP contribution in [0.4, 0.5) is 9.02 Å². The maximum Gasteiger partial charge on any atom is 0.302 e. The Morgan fingerprint density at radius 3 is 2.94 bits per heavy atom. The topological polar surface area (TPSA) is 80.2 Å². The van der Waals surface area contributed by atoms with Gasteiger partial charge in [-0.2, -0.15) is 12.8 Å². The number of carbonyl (C=O) groups is 1. The Balaban J connectivity index is 2.08. The second-order valence-electron chi connectivity index (χ2n) is 3.50. The minimum Gasteiger partial charge on any atom is -0.287 e. The van der Waals surface area contributed by atoms with Crippen molar-refractivity contribution in [3.63, 3.8) is 0 Å². The zero-order valence-corrected chi connectivity index (χ0v) is 9.67. The van der Waals surface area contributed by atoms with Crippen molar-refractivity contribution in [2.45, 2.75) is 6.42 Å². The molecule has 1 fully saturated rings. The van der Waals surface area contributed by atoms with Gasteiger partial charge in [0.15, 0.2) is 0 Å². The molecular formula is C7H8FN3O3S2. The van der Waals surface area contributed by atoms with Crippen LogP contribution in [-0.4, -0.2) is 36.0 Å². The molecule has 2 heterocycles. The van der Waals surface area contributed by atoms with Crippen LogP contribution in [0.25, 0.3) is 0 Å². The number of halogens is 1. The summed E-state index contributed by atoms with van der Waals surface area (Å²) in [5, 5.41) is 0.420. The van der Waals surface area contributed by atoms with Crippen molar-refractivity contribution in [3.8, 4) is 0 Å². The number of hydrogen-bond donors (Lipinski definition) is 0. The van der Waals surface area contributed by atoms with E-state index in [-0.39, 0.29) is 18.9 Å². The van der Waals surface area contributed by atoms with Crippen LogP contribution in [0.3, 0.4) is 0 Å². The molecule has 0 aromatic carbocycles. The molecule has 0 spiro atoms. The van der Waals surface area contributed by atoms with E-state index in [4.69, 9.17) is 0 Å². The van der Waals surface area contributed by atoms with Gasteiger partial charge in [-0.05, 0) is 0 Å². The summed E-state index contributed by atoms with van der Waals surface area (Å²) >= 11 is 1.04. The van der Waals surface area contributed by atoms with Gasteiger partial charge in [0.05, 0.1) is 5.75 Å². The highest BCUT2D eigenvalue weighted by Crippen LogP contribution is 2.26. The first kappa shape index (κ1) is 11.4. The van der Waals surface area contributed by atoms with Gasteiger partial charge in [0, 0.05) is 30.4 Å². The number of anilines is 1. The third-order valence-corrected chi connectivity index (χ3v) is 3.78. The summed E-state index contributed by atoms with van der Waals surface area (Å²) in [7, 11) is -4.53. The zero-order valence-electron chi connectivity index (χ0n) is 8.04. The first-order valence-corrected chi connectivity index (χ1v) is 6.77. The van der Waals surface area contributed by atoms with Gasteiger partial charge in [0.1, 0.15) is 6.33 Å². The number of rotatable bonds is 3. The minimum absolute atomic E-state index is 0.0305. The van der Waals surface area contributed by atoms with Gasteiger partial charge in [-0.25, -0.2) is 4.98 Å². The van der Waals surface area contributed by atoms with E-state index in [0.717, 1.165) is 11.5 Å². The molecule has 1 atom stereocenters. The number of amides is 1. The summed E-state index contributed by atoms with van der Waals surface area (Å²) in [5.41, 5.74) is 0. The molecule has 0 radical (unpaired) electrons. The molecule has 1 aromatic heterocycles. The molecule has 9 heteroatoms. The summed E-state index contributed by atoms with van der Waals surface area (Å²) in [6.45, 7) is 0.178. The van der Waals surface area contributed by atoms with Crippen molar-refractivity contribution in [1.82, 2.24) is 9.36 Å². The van der Waals surface area contributed by atoms with Gasteiger partial charge in [-0.1, -0.05) is 0 Å². The number of nitrogens with zero attached hydrogens (tertiary/aromatic N) is 3. The number of hydrogen-bond acceptors (Lipinski definition) is 6. The Hall–Kier alpha value is -1.09. The van der Waals surface area contributed by atoms with Gasteiger partial charge in [-0.15, -0.1) is 3.89 Å². The van der Waals surface area contributed by atoms with Crippen LogP contribution < -0.4 is 4.90 Å². The molecule has 2 rings (SSSR count). The molecule has 1 aliphatic rings. The van der Waals surface area contributed by atoms with Crippen molar-refractivity contribution in [1.29, 1.82) is 0 Å². The second kappa shape index (κ2) is 4.06. The summed E-state index contributed by atoms with van der Waals surface area (Å²) in [5.74, 6) is -1.37. The van der Waals surface area contributed by atoms with Crippen LogP contribution in [0.5, 0.6) is 0 Å². The highest BCUT2D eigenvalue weighted by atomic mass is 32.3. The van der Waals surface area contributed by atoms with Crippen molar-refractivity contribution in [2.75, 3.05) is 17.2 Å². The average Bonchev–Trinajstić information content (AvgIpc) is 2.71. The second-order valence-corrected chi connectivity index (χ2v) is 5.67. The lowest BCUT2D eigenvalue weighted by molar-refractivity contribution is -0.117. The van der Waals surface area contributed by atoms with Gasteiger partial charge >= 0.3 is 10.2 Å². The molecule has 0 aliphatic carbocycles. The van der Waals surface area contributed by atoms with Crippen LogP contribution in [0, 0.1) is 5.92 Å². The van der Waals surface area contributed by atoms with E-state index in [2.05, 4.69) is 9.36 Å². The first-order chi connectivity index (χ1) is 7.46. The fourth-order valence-corrected chi connectivity index (χ4v) is 2.99. The third-order valence-electron chi connectivity index (χ3n) is 2.22. The van der Waals surface area contributed by atoms with Crippen molar-refractivity contribution >= 4 is 32.8 Å². The quantitative estimate of drug-likeness (QED) is 0.729. The highest BCUT2D eigenvalue weighted by Gasteiger charge is 2.34. The van der Waals surface area contributed by atoms with E-state index in [0.29, 0.717) is 5.13 Å². The molecule has 1 aromatic rings. The van der Waals surface area contributed by atoms with Gasteiger partial charge in [-0.3, -0.25) is 9.69 Å². The van der Waals surface area contributed by atoms with E-state index < -0.39 is 21.9 Å². The molecule has 0 saturated carbocycles. The van der Waals surface area contributed by atoms with Crippen molar-refractivity contribution < 1.29 is 17.1 Å². The molecule has 1 saturated heterocycles. The Labute approximate surface area is 95.5 Å². The average molecular weight is 265 g/mol. The number of carbonyl (C=O) groups excluding carboxylic acids is 1. The lowest BCUT2D eigenvalue weighted by Crippen LogP contribution is -2.25. The van der Waals surface area contributed by atoms with Crippen LogP contribution >= 0.6 is 11.5 Å². The lowest BCUT2D eigenvalue weighted by Gasteiger charge is -2.11. The minimum atomic E-state index is -4.53. The lowest BCUT2D eigenvalue weighted by atomic mass is 10.1. The van der Waals surface area contributed by atoms with Gasteiger partial charge < -0.3 is 0 Å². The highest BCUT2D eigenvalue weighted by molar-refractivity contribution is 7.86. The van der Waals surface area contributed by atoms with E-state index in [1.54, 1.807) is 0 Å². The largest absolute Gasteiger partial charge is 0.302 e. The molecule has 1 unspecified atom stereocenters. The Morgan fingerprint density at radius 2 is 2.38 bits per heavy atom.